The third kappa shape index (κ3) is 3.99. The van der Waals surface area contributed by atoms with E-state index in [1.807, 2.05) is 0 Å². The van der Waals surface area contributed by atoms with Crippen molar-refractivity contribution in [1.29, 1.82) is 0 Å². The summed E-state index contributed by atoms with van der Waals surface area (Å²) in [5, 5.41) is 9.35. The smallest absolute Gasteiger partial charge is 0.413 e. The molecule has 1 aliphatic rings. The SMILES string of the molecule is CC(C)(C)N(C(=O)O)c1cnc(N2CCC(F)(F)CC2)c(Cl)n1. The highest BCUT2D eigenvalue weighted by Crippen LogP contribution is 2.33. The summed E-state index contributed by atoms with van der Waals surface area (Å²) in [6.07, 6.45) is -0.410. The molecule has 9 heteroatoms. The van der Waals surface area contributed by atoms with Gasteiger partial charge >= 0.3 is 6.09 Å². The average molecular weight is 349 g/mol. The van der Waals surface area contributed by atoms with Crippen molar-refractivity contribution >= 4 is 29.3 Å². The highest BCUT2D eigenvalue weighted by atomic mass is 35.5. The molecule has 0 aromatic carbocycles. The number of aromatic nitrogens is 2. The number of halogens is 3. The second-order valence-electron chi connectivity index (χ2n) is 6.47. The molecule has 0 bridgehead atoms. The van der Waals surface area contributed by atoms with Crippen LogP contribution in [0, 0.1) is 0 Å². The molecule has 2 heterocycles. The van der Waals surface area contributed by atoms with Crippen LogP contribution in [0.4, 0.5) is 25.2 Å². The Morgan fingerprint density at radius 2 is 1.96 bits per heavy atom. The Balaban J connectivity index is 2.26. The number of hydrogen-bond acceptors (Lipinski definition) is 4. The molecule has 0 spiro atoms. The predicted molar refractivity (Wildman–Crippen MR) is 83.7 cm³/mol. The number of piperidine rings is 1. The largest absolute Gasteiger partial charge is 0.465 e. The molecule has 1 amide bonds. The number of carbonyl (C=O) groups is 1. The fourth-order valence-corrected chi connectivity index (χ4v) is 2.70. The predicted octanol–water partition coefficient (Wildman–Crippen LogP) is 3.65. The molecule has 0 radical (unpaired) electrons. The van der Waals surface area contributed by atoms with Crippen LogP contribution in [0.2, 0.25) is 5.15 Å². The van der Waals surface area contributed by atoms with E-state index in [1.54, 1.807) is 25.7 Å². The molecule has 128 valence electrons. The standard InChI is InChI=1S/C14H19ClF2N4O2/c1-13(2,3)21(12(22)23)9-8-18-11(10(15)19-9)20-6-4-14(16,17)5-7-20/h8H,4-7H2,1-3H3,(H,22,23). The van der Waals surface area contributed by atoms with Gasteiger partial charge in [0, 0.05) is 31.5 Å². The second kappa shape index (κ2) is 6.07. The first-order valence-corrected chi connectivity index (χ1v) is 7.57. The Kier molecular flexibility index (Phi) is 4.66. The van der Waals surface area contributed by atoms with Crippen LogP contribution in [0.1, 0.15) is 33.6 Å². The van der Waals surface area contributed by atoms with Crippen LogP contribution in [0.3, 0.4) is 0 Å². The molecule has 0 aliphatic carbocycles. The maximum absolute atomic E-state index is 13.2. The van der Waals surface area contributed by atoms with Crippen molar-refractivity contribution < 1.29 is 18.7 Å². The van der Waals surface area contributed by atoms with Gasteiger partial charge in [0.2, 0.25) is 0 Å². The zero-order valence-electron chi connectivity index (χ0n) is 13.2. The molecule has 1 fully saturated rings. The van der Waals surface area contributed by atoms with Gasteiger partial charge < -0.3 is 10.0 Å². The topological polar surface area (TPSA) is 69.6 Å². The molecule has 0 unspecified atom stereocenters. The van der Waals surface area contributed by atoms with E-state index in [0.29, 0.717) is 5.82 Å². The lowest BCUT2D eigenvalue weighted by Crippen LogP contribution is -2.46. The highest BCUT2D eigenvalue weighted by Gasteiger charge is 2.35. The fraction of sp³-hybridized carbons (Fsp3) is 0.643. The minimum atomic E-state index is -2.66. The van der Waals surface area contributed by atoms with E-state index in [2.05, 4.69) is 9.97 Å². The van der Waals surface area contributed by atoms with Crippen molar-refractivity contribution in [2.75, 3.05) is 22.9 Å². The van der Waals surface area contributed by atoms with Crippen molar-refractivity contribution in [2.24, 2.45) is 0 Å². The van der Waals surface area contributed by atoms with Crippen LogP contribution in [-0.2, 0) is 0 Å². The van der Waals surface area contributed by atoms with Crippen molar-refractivity contribution in [3.8, 4) is 0 Å². The number of anilines is 2. The lowest BCUT2D eigenvalue weighted by atomic mass is 10.1. The summed E-state index contributed by atoms with van der Waals surface area (Å²) in [6.45, 7) is 5.41. The summed E-state index contributed by atoms with van der Waals surface area (Å²) in [7, 11) is 0. The third-order valence-corrected chi connectivity index (χ3v) is 3.84. The first-order valence-electron chi connectivity index (χ1n) is 7.20. The van der Waals surface area contributed by atoms with Crippen molar-refractivity contribution in [2.45, 2.75) is 45.1 Å². The lowest BCUT2D eigenvalue weighted by molar-refractivity contribution is -0.0221. The number of carboxylic acid groups (broad SMARTS) is 1. The van der Waals surface area contributed by atoms with Gasteiger partial charge in [-0.05, 0) is 20.8 Å². The normalized spacial score (nSPS) is 17.9. The molecule has 23 heavy (non-hydrogen) atoms. The maximum Gasteiger partial charge on any atom is 0.413 e. The zero-order chi connectivity index (χ0) is 17.4. The second-order valence-corrected chi connectivity index (χ2v) is 6.83. The van der Waals surface area contributed by atoms with Gasteiger partial charge in [0.15, 0.2) is 16.8 Å². The molecule has 6 nitrogen and oxygen atoms in total. The monoisotopic (exact) mass is 348 g/mol. The van der Waals surface area contributed by atoms with Crippen LogP contribution in [-0.4, -0.2) is 45.7 Å². The Bertz CT molecular complexity index is 597. The van der Waals surface area contributed by atoms with Gasteiger partial charge in [0.25, 0.3) is 5.92 Å². The summed E-state index contributed by atoms with van der Waals surface area (Å²) < 4.78 is 26.4. The first kappa shape index (κ1) is 17.7. The Hall–Kier alpha value is -1.70. The van der Waals surface area contributed by atoms with E-state index >= 15 is 0 Å². The van der Waals surface area contributed by atoms with Gasteiger partial charge in [-0.25, -0.2) is 23.5 Å². The fourth-order valence-electron chi connectivity index (χ4n) is 2.45. The quantitative estimate of drug-likeness (QED) is 0.883. The molecule has 1 saturated heterocycles. The van der Waals surface area contributed by atoms with Crippen LogP contribution in [0.5, 0.6) is 0 Å². The number of rotatable bonds is 2. The van der Waals surface area contributed by atoms with Crippen LogP contribution in [0.25, 0.3) is 0 Å². The number of amides is 1. The number of nitrogens with zero attached hydrogens (tertiary/aromatic N) is 4. The molecular formula is C14H19ClF2N4O2. The zero-order valence-corrected chi connectivity index (χ0v) is 13.9. The number of hydrogen-bond donors (Lipinski definition) is 1. The van der Waals surface area contributed by atoms with Gasteiger partial charge in [-0.3, -0.25) is 4.90 Å². The molecule has 1 N–H and O–H groups in total. The summed E-state index contributed by atoms with van der Waals surface area (Å²) in [6, 6.07) is 0. The molecule has 1 aliphatic heterocycles. The number of alkyl halides is 2. The van der Waals surface area contributed by atoms with Crippen molar-refractivity contribution in [1.82, 2.24) is 9.97 Å². The summed E-state index contributed by atoms with van der Waals surface area (Å²) in [5.74, 6) is -2.27. The van der Waals surface area contributed by atoms with Crippen LogP contribution < -0.4 is 9.80 Å². The molecule has 0 atom stereocenters. The van der Waals surface area contributed by atoms with Crippen molar-refractivity contribution in [3.63, 3.8) is 0 Å². The van der Waals surface area contributed by atoms with E-state index in [-0.39, 0.29) is 36.9 Å². The summed E-state index contributed by atoms with van der Waals surface area (Å²) in [5.41, 5.74) is -0.724. The van der Waals surface area contributed by atoms with Gasteiger partial charge in [0.05, 0.1) is 6.20 Å². The van der Waals surface area contributed by atoms with Crippen molar-refractivity contribution in [3.05, 3.63) is 11.3 Å². The third-order valence-electron chi connectivity index (χ3n) is 3.59. The van der Waals surface area contributed by atoms with Crippen LogP contribution >= 0.6 is 11.6 Å². The van der Waals surface area contributed by atoms with Crippen LogP contribution in [0.15, 0.2) is 6.20 Å². The van der Waals surface area contributed by atoms with E-state index in [0.717, 1.165) is 4.90 Å². The van der Waals surface area contributed by atoms with Gasteiger partial charge in [-0.2, -0.15) is 0 Å². The van der Waals surface area contributed by atoms with E-state index in [4.69, 9.17) is 11.6 Å². The van der Waals surface area contributed by atoms with Gasteiger partial charge in [-0.1, -0.05) is 11.6 Å². The van der Waals surface area contributed by atoms with E-state index < -0.39 is 17.6 Å². The minimum Gasteiger partial charge on any atom is -0.465 e. The highest BCUT2D eigenvalue weighted by molar-refractivity contribution is 6.31. The summed E-state index contributed by atoms with van der Waals surface area (Å²) in [4.78, 5) is 22.4. The summed E-state index contributed by atoms with van der Waals surface area (Å²) >= 11 is 6.11. The molecule has 1 aromatic rings. The lowest BCUT2D eigenvalue weighted by Gasteiger charge is -2.34. The Morgan fingerprint density at radius 1 is 1.39 bits per heavy atom. The first-order chi connectivity index (χ1) is 10.5. The van der Waals surface area contributed by atoms with Gasteiger partial charge in [-0.15, -0.1) is 0 Å². The minimum absolute atomic E-state index is 0.00298. The van der Waals surface area contributed by atoms with E-state index in [9.17, 15) is 18.7 Å². The molecular weight excluding hydrogens is 330 g/mol. The molecule has 1 aromatic heterocycles. The molecule has 0 saturated carbocycles. The maximum atomic E-state index is 13.2. The van der Waals surface area contributed by atoms with E-state index in [1.165, 1.54) is 6.20 Å². The van der Waals surface area contributed by atoms with Gasteiger partial charge in [0.1, 0.15) is 0 Å². The Labute approximate surface area is 138 Å². The Morgan fingerprint density at radius 3 is 2.39 bits per heavy atom. The molecule has 2 rings (SSSR count). The average Bonchev–Trinajstić information content (AvgIpc) is 2.37.